The van der Waals surface area contributed by atoms with E-state index in [1.165, 1.54) is 18.4 Å². The summed E-state index contributed by atoms with van der Waals surface area (Å²) in [6.45, 7) is 0. The molecule has 1 aromatic heterocycles. The Bertz CT molecular complexity index is 362. The Labute approximate surface area is 89.7 Å². The van der Waals surface area contributed by atoms with Crippen molar-refractivity contribution in [1.29, 1.82) is 0 Å². The van der Waals surface area contributed by atoms with Gasteiger partial charge in [-0.05, 0) is 24.3 Å². The van der Waals surface area contributed by atoms with Crippen molar-refractivity contribution < 1.29 is 4.42 Å². The van der Waals surface area contributed by atoms with E-state index in [4.69, 9.17) is 34.8 Å². The molecule has 0 amide bonds. The summed E-state index contributed by atoms with van der Waals surface area (Å²) in [6, 6.07) is 3.15. The molecule has 1 rings (SSSR count). The van der Waals surface area contributed by atoms with Crippen molar-refractivity contribution in [3.63, 3.8) is 0 Å². The smallest absolute Gasteiger partial charge is 0.342 e. The molecule has 0 aliphatic heterocycles. The van der Waals surface area contributed by atoms with E-state index in [0.29, 0.717) is 5.56 Å². The number of allylic oxidation sites excluding steroid dienone is 1. The number of alkyl halides is 3. The summed E-state index contributed by atoms with van der Waals surface area (Å²) in [7, 11) is 0. The number of hydrogen-bond acceptors (Lipinski definition) is 2. The Morgan fingerprint density at radius 2 is 2.08 bits per heavy atom. The highest BCUT2D eigenvalue weighted by atomic mass is 35.6. The average molecular weight is 239 g/mol. The van der Waals surface area contributed by atoms with Crippen molar-refractivity contribution in [2.24, 2.45) is 0 Å². The first-order chi connectivity index (χ1) is 5.99. The van der Waals surface area contributed by atoms with Crippen LogP contribution in [0.25, 0.3) is 6.08 Å². The molecule has 1 heterocycles. The Morgan fingerprint density at radius 3 is 2.62 bits per heavy atom. The quantitative estimate of drug-likeness (QED) is 0.705. The van der Waals surface area contributed by atoms with Gasteiger partial charge in [-0.1, -0.05) is 34.8 Å². The summed E-state index contributed by atoms with van der Waals surface area (Å²) >= 11 is 16.3. The lowest BCUT2D eigenvalue weighted by Gasteiger charge is -2.01. The molecule has 0 aromatic carbocycles. The van der Waals surface area contributed by atoms with Gasteiger partial charge in [0.15, 0.2) is 0 Å². The maximum atomic E-state index is 11.0. The fourth-order valence-corrected chi connectivity index (χ4v) is 0.877. The SMILES string of the molecule is O=c1occcc1C=CC(Cl)(Cl)Cl. The van der Waals surface area contributed by atoms with Crippen LogP contribution in [0.1, 0.15) is 5.56 Å². The second-order valence-corrected chi connectivity index (χ2v) is 4.60. The monoisotopic (exact) mass is 238 g/mol. The highest BCUT2D eigenvalue weighted by Crippen LogP contribution is 2.27. The molecular weight excluding hydrogens is 234 g/mol. The van der Waals surface area contributed by atoms with E-state index < -0.39 is 9.42 Å². The van der Waals surface area contributed by atoms with Gasteiger partial charge in [0.2, 0.25) is 3.79 Å². The predicted octanol–water partition coefficient (Wildman–Crippen LogP) is 3.02. The topological polar surface area (TPSA) is 30.2 Å². The van der Waals surface area contributed by atoms with Gasteiger partial charge in [0.05, 0.1) is 11.8 Å². The molecule has 0 spiro atoms. The van der Waals surface area contributed by atoms with Gasteiger partial charge < -0.3 is 4.42 Å². The zero-order valence-corrected chi connectivity index (χ0v) is 8.60. The molecule has 2 nitrogen and oxygen atoms in total. The van der Waals surface area contributed by atoms with Crippen LogP contribution in [0.15, 0.2) is 33.7 Å². The lowest BCUT2D eigenvalue weighted by Crippen LogP contribution is -2.02. The first-order valence-electron chi connectivity index (χ1n) is 3.33. The number of rotatable bonds is 1. The minimum atomic E-state index is -1.50. The Balaban J connectivity index is 2.93. The molecule has 13 heavy (non-hydrogen) atoms. The lowest BCUT2D eigenvalue weighted by atomic mass is 10.3. The first kappa shape index (κ1) is 10.6. The van der Waals surface area contributed by atoms with Crippen molar-refractivity contribution in [2.75, 3.05) is 0 Å². The summed E-state index contributed by atoms with van der Waals surface area (Å²) in [5, 5.41) is 0. The standard InChI is InChI=1S/C8H5Cl3O2/c9-8(10,11)4-3-6-2-1-5-13-7(6)12/h1-5H. The van der Waals surface area contributed by atoms with E-state index in [-0.39, 0.29) is 0 Å². The lowest BCUT2D eigenvalue weighted by molar-refractivity contribution is 0.509. The molecule has 5 heteroatoms. The molecule has 0 aliphatic carbocycles. The van der Waals surface area contributed by atoms with Gasteiger partial charge in [-0.3, -0.25) is 0 Å². The highest BCUT2D eigenvalue weighted by molar-refractivity contribution is 6.69. The molecule has 0 bridgehead atoms. The van der Waals surface area contributed by atoms with Crippen LogP contribution in [0.4, 0.5) is 0 Å². The van der Waals surface area contributed by atoms with Crippen LogP contribution in [0.5, 0.6) is 0 Å². The largest absolute Gasteiger partial charge is 0.431 e. The van der Waals surface area contributed by atoms with E-state index in [2.05, 4.69) is 4.42 Å². The highest BCUT2D eigenvalue weighted by Gasteiger charge is 2.13. The van der Waals surface area contributed by atoms with Crippen LogP contribution in [0.3, 0.4) is 0 Å². The molecular formula is C8H5Cl3O2. The second kappa shape index (κ2) is 4.18. The van der Waals surface area contributed by atoms with Crippen LogP contribution in [0.2, 0.25) is 0 Å². The van der Waals surface area contributed by atoms with E-state index in [1.807, 2.05) is 0 Å². The molecule has 0 aliphatic rings. The van der Waals surface area contributed by atoms with Gasteiger partial charge in [0, 0.05) is 0 Å². The van der Waals surface area contributed by atoms with Crippen molar-refractivity contribution >= 4 is 40.9 Å². The van der Waals surface area contributed by atoms with Crippen LogP contribution in [0, 0.1) is 0 Å². The maximum Gasteiger partial charge on any atom is 0.342 e. The van der Waals surface area contributed by atoms with E-state index in [1.54, 1.807) is 12.1 Å². The Morgan fingerprint density at radius 1 is 1.38 bits per heavy atom. The average Bonchev–Trinajstić information content (AvgIpc) is 2.01. The molecule has 0 fully saturated rings. The van der Waals surface area contributed by atoms with Gasteiger partial charge in [-0.2, -0.15) is 0 Å². The third-order valence-corrected chi connectivity index (χ3v) is 1.59. The van der Waals surface area contributed by atoms with Gasteiger partial charge >= 0.3 is 5.63 Å². The van der Waals surface area contributed by atoms with E-state index in [9.17, 15) is 4.79 Å². The van der Waals surface area contributed by atoms with Crippen LogP contribution < -0.4 is 5.63 Å². The molecule has 0 saturated heterocycles. The first-order valence-corrected chi connectivity index (χ1v) is 4.46. The molecule has 0 atom stereocenters. The van der Waals surface area contributed by atoms with Crippen molar-refractivity contribution in [3.05, 3.63) is 40.5 Å². The van der Waals surface area contributed by atoms with E-state index in [0.717, 1.165) is 0 Å². The van der Waals surface area contributed by atoms with Crippen LogP contribution in [-0.2, 0) is 0 Å². The minimum Gasteiger partial charge on any atom is -0.431 e. The number of hydrogen-bond donors (Lipinski definition) is 0. The van der Waals surface area contributed by atoms with Crippen molar-refractivity contribution in [1.82, 2.24) is 0 Å². The molecule has 0 unspecified atom stereocenters. The second-order valence-electron chi connectivity index (χ2n) is 2.23. The molecule has 0 saturated carbocycles. The molecule has 0 radical (unpaired) electrons. The summed E-state index contributed by atoms with van der Waals surface area (Å²) in [6.07, 6.45) is 3.97. The third kappa shape index (κ3) is 3.85. The van der Waals surface area contributed by atoms with E-state index >= 15 is 0 Å². The Hall–Kier alpha value is -0.440. The van der Waals surface area contributed by atoms with Crippen molar-refractivity contribution in [3.8, 4) is 0 Å². The zero-order chi connectivity index (χ0) is 9.90. The summed E-state index contributed by atoms with van der Waals surface area (Å²) in [5.74, 6) is 0. The van der Waals surface area contributed by atoms with Gasteiger partial charge in [0.25, 0.3) is 0 Å². The molecule has 1 aromatic rings. The van der Waals surface area contributed by atoms with Crippen LogP contribution >= 0.6 is 34.8 Å². The summed E-state index contributed by atoms with van der Waals surface area (Å²) in [4.78, 5) is 11.0. The van der Waals surface area contributed by atoms with Crippen molar-refractivity contribution in [2.45, 2.75) is 3.79 Å². The normalized spacial score (nSPS) is 12.2. The predicted molar refractivity (Wildman–Crippen MR) is 54.3 cm³/mol. The molecule has 0 N–H and O–H groups in total. The third-order valence-electron chi connectivity index (χ3n) is 1.22. The maximum absolute atomic E-state index is 11.0. The van der Waals surface area contributed by atoms with Crippen LogP contribution in [-0.4, -0.2) is 3.79 Å². The Kier molecular flexibility index (Phi) is 3.42. The van der Waals surface area contributed by atoms with Gasteiger partial charge in [-0.25, -0.2) is 4.79 Å². The zero-order valence-electron chi connectivity index (χ0n) is 6.34. The summed E-state index contributed by atoms with van der Waals surface area (Å²) < 4.78 is 3.09. The minimum absolute atomic E-state index is 0.342. The molecule has 70 valence electrons. The fourth-order valence-electron chi connectivity index (χ4n) is 0.688. The van der Waals surface area contributed by atoms with Gasteiger partial charge in [-0.15, -0.1) is 0 Å². The van der Waals surface area contributed by atoms with Gasteiger partial charge in [0.1, 0.15) is 0 Å². The number of halogens is 3. The fraction of sp³-hybridized carbons (Fsp3) is 0.125. The summed E-state index contributed by atoms with van der Waals surface area (Å²) in [5.41, 5.74) is -0.123.